The van der Waals surface area contributed by atoms with Crippen LogP contribution in [0.25, 0.3) is 0 Å². The Morgan fingerprint density at radius 1 is 1.32 bits per heavy atom. The van der Waals surface area contributed by atoms with Gasteiger partial charge in [0.2, 0.25) is 5.69 Å². The van der Waals surface area contributed by atoms with Crippen molar-refractivity contribution in [1.29, 1.82) is 0 Å². The molecule has 19 heavy (non-hydrogen) atoms. The maximum Gasteiger partial charge on any atom is 0.247 e. The highest BCUT2D eigenvalue weighted by atomic mass is 32.9. The monoisotopic (exact) mass is 326 g/mol. The van der Waals surface area contributed by atoms with E-state index in [0.717, 1.165) is 11.4 Å². The van der Waals surface area contributed by atoms with Crippen LogP contribution in [0, 0.1) is 0 Å². The summed E-state index contributed by atoms with van der Waals surface area (Å²) in [4.78, 5) is 23.9. The van der Waals surface area contributed by atoms with Gasteiger partial charge in [0.25, 0.3) is 0 Å². The van der Waals surface area contributed by atoms with Crippen LogP contribution < -0.4 is 0 Å². The normalized spacial score (nSPS) is 26.8. The Bertz CT molecular complexity index is 412. The molecule has 2 fully saturated rings. The van der Waals surface area contributed by atoms with Crippen molar-refractivity contribution in [3.8, 4) is 0 Å². The van der Waals surface area contributed by atoms with Crippen LogP contribution >= 0.6 is 17.1 Å². The molecule has 108 valence electrons. The fourth-order valence-electron chi connectivity index (χ4n) is 1.47. The SMILES string of the molecule is COP(=S)(OC)SC(CC(=O)C1CO1)C(=O)C1CO1. The zero-order valence-electron chi connectivity index (χ0n) is 10.6. The van der Waals surface area contributed by atoms with Gasteiger partial charge in [0.05, 0.1) is 18.5 Å². The second-order valence-electron chi connectivity index (χ2n) is 4.12. The van der Waals surface area contributed by atoms with Gasteiger partial charge in [-0.15, -0.1) is 0 Å². The summed E-state index contributed by atoms with van der Waals surface area (Å²) in [7, 11) is 2.89. The second kappa shape index (κ2) is 6.30. The molecule has 0 aromatic rings. The van der Waals surface area contributed by atoms with E-state index in [1.165, 1.54) is 14.2 Å². The molecule has 2 aliphatic heterocycles. The topological polar surface area (TPSA) is 77.7 Å². The third-order valence-electron chi connectivity index (χ3n) is 2.75. The minimum Gasteiger partial charge on any atom is -0.365 e. The number of hydrogen-bond acceptors (Lipinski definition) is 8. The summed E-state index contributed by atoms with van der Waals surface area (Å²) in [5.41, 5.74) is -2.59. The van der Waals surface area contributed by atoms with Gasteiger partial charge in [-0.05, 0) is 11.8 Å². The molecule has 2 heterocycles. The van der Waals surface area contributed by atoms with Crippen LogP contribution in [-0.4, -0.2) is 56.5 Å². The highest BCUT2D eigenvalue weighted by Gasteiger charge is 2.42. The molecule has 0 saturated carbocycles. The lowest BCUT2D eigenvalue weighted by Crippen LogP contribution is -2.27. The largest absolute Gasteiger partial charge is 0.365 e. The van der Waals surface area contributed by atoms with Crippen LogP contribution in [0.1, 0.15) is 6.42 Å². The number of ketones is 2. The van der Waals surface area contributed by atoms with Gasteiger partial charge in [0.1, 0.15) is 12.2 Å². The molecule has 0 aromatic heterocycles. The van der Waals surface area contributed by atoms with Crippen molar-refractivity contribution < 1.29 is 28.1 Å². The molecular weight excluding hydrogens is 311 g/mol. The van der Waals surface area contributed by atoms with E-state index in [1.54, 1.807) is 0 Å². The van der Waals surface area contributed by atoms with Gasteiger partial charge < -0.3 is 18.5 Å². The van der Waals surface area contributed by atoms with Gasteiger partial charge in [0.15, 0.2) is 11.6 Å². The van der Waals surface area contributed by atoms with E-state index >= 15 is 0 Å². The average molecular weight is 326 g/mol. The van der Waals surface area contributed by atoms with Crippen LogP contribution in [0.4, 0.5) is 0 Å². The molecule has 3 unspecified atom stereocenters. The van der Waals surface area contributed by atoms with Crippen LogP contribution in [0.5, 0.6) is 0 Å². The fourth-order valence-corrected chi connectivity index (χ4v) is 5.52. The van der Waals surface area contributed by atoms with Crippen molar-refractivity contribution in [2.24, 2.45) is 0 Å². The average Bonchev–Trinajstić information content (AvgIpc) is 3.28. The Kier molecular flexibility index (Phi) is 5.16. The first-order valence-corrected chi connectivity index (χ1v) is 9.81. The van der Waals surface area contributed by atoms with Gasteiger partial charge >= 0.3 is 0 Å². The number of carbonyl (C=O) groups excluding carboxylic acids is 2. The molecule has 0 aliphatic carbocycles. The predicted molar refractivity (Wildman–Crippen MR) is 73.8 cm³/mol. The van der Waals surface area contributed by atoms with E-state index in [-0.39, 0.29) is 24.1 Å². The van der Waals surface area contributed by atoms with Crippen molar-refractivity contribution in [1.82, 2.24) is 0 Å². The molecule has 0 amide bonds. The third-order valence-corrected chi connectivity index (χ3v) is 8.66. The summed E-state index contributed by atoms with van der Waals surface area (Å²) in [6, 6.07) is 0. The Labute approximate surface area is 120 Å². The molecule has 3 atom stereocenters. The van der Waals surface area contributed by atoms with Crippen molar-refractivity contribution in [3.05, 3.63) is 0 Å². The zero-order valence-corrected chi connectivity index (χ0v) is 13.1. The van der Waals surface area contributed by atoms with Crippen LogP contribution in [0.15, 0.2) is 0 Å². The molecule has 6 nitrogen and oxygen atoms in total. The molecule has 9 heteroatoms. The van der Waals surface area contributed by atoms with Crippen molar-refractivity contribution in [2.75, 3.05) is 27.4 Å². The Morgan fingerprint density at radius 2 is 1.84 bits per heavy atom. The zero-order chi connectivity index (χ0) is 14.0. The minimum atomic E-state index is -2.59. The Balaban J connectivity index is 2.02. The minimum absolute atomic E-state index is 0.0825. The molecule has 0 aromatic carbocycles. The van der Waals surface area contributed by atoms with Crippen LogP contribution in [0.3, 0.4) is 0 Å². The van der Waals surface area contributed by atoms with Gasteiger partial charge in [-0.25, -0.2) is 0 Å². The Morgan fingerprint density at radius 3 is 2.26 bits per heavy atom. The lowest BCUT2D eigenvalue weighted by atomic mass is 10.1. The first-order chi connectivity index (χ1) is 8.99. The molecule has 2 saturated heterocycles. The van der Waals surface area contributed by atoms with E-state index in [1.807, 2.05) is 0 Å². The third kappa shape index (κ3) is 4.32. The lowest BCUT2D eigenvalue weighted by molar-refractivity contribution is -0.124. The van der Waals surface area contributed by atoms with Crippen LogP contribution in [-0.2, 0) is 39.9 Å². The number of rotatable bonds is 9. The van der Waals surface area contributed by atoms with E-state index in [4.69, 9.17) is 30.3 Å². The van der Waals surface area contributed by atoms with Gasteiger partial charge in [-0.3, -0.25) is 9.59 Å². The number of epoxide rings is 2. The van der Waals surface area contributed by atoms with E-state index < -0.39 is 17.0 Å². The van der Waals surface area contributed by atoms with E-state index in [2.05, 4.69) is 0 Å². The summed E-state index contributed by atoms with van der Waals surface area (Å²) < 4.78 is 20.2. The molecule has 2 aliphatic rings. The highest BCUT2D eigenvalue weighted by molar-refractivity contribution is 8.68. The van der Waals surface area contributed by atoms with Gasteiger partial charge in [0, 0.05) is 20.6 Å². The summed E-state index contributed by atoms with van der Waals surface area (Å²) >= 11 is 6.35. The summed E-state index contributed by atoms with van der Waals surface area (Å²) in [5, 5.41) is -0.588. The smallest absolute Gasteiger partial charge is 0.247 e. The number of Topliss-reactive ketones (excluding diaryl/α,β-unsaturated/α-hetero) is 2. The summed E-state index contributed by atoms with van der Waals surface area (Å²) in [6.07, 6.45) is -0.694. The first-order valence-electron chi connectivity index (χ1n) is 5.68. The molecule has 0 spiro atoms. The summed E-state index contributed by atoms with van der Waals surface area (Å²) in [5.74, 6) is -0.206. The molecule has 0 radical (unpaired) electrons. The lowest BCUT2D eigenvalue weighted by Gasteiger charge is -2.21. The highest BCUT2D eigenvalue weighted by Crippen LogP contribution is 2.62. The molecule has 2 rings (SSSR count). The molecule has 0 N–H and O–H groups in total. The van der Waals surface area contributed by atoms with Gasteiger partial charge in [-0.2, -0.15) is 0 Å². The maximum absolute atomic E-state index is 12.1. The molecular formula is C10H15O6PS2. The Hall–Kier alpha value is 0.180. The van der Waals surface area contributed by atoms with Gasteiger partial charge in [-0.1, -0.05) is 11.4 Å². The predicted octanol–water partition coefficient (Wildman–Crippen LogP) is 0.931. The number of carbonyl (C=O) groups is 2. The van der Waals surface area contributed by atoms with Crippen molar-refractivity contribution in [3.63, 3.8) is 0 Å². The van der Waals surface area contributed by atoms with Crippen LogP contribution in [0.2, 0.25) is 0 Å². The van der Waals surface area contributed by atoms with E-state index in [9.17, 15) is 9.59 Å². The standard InChI is InChI=1S/C10H15O6PS2/c1-13-17(18,14-2)19-9(10(12)8-5-16-8)3-6(11)7-4-15-7/h7-9H,3-5H2,1-2H3. The number of ether oxygens (including phenoxy) is 2. The van der Waals surface area contributed by atoms with E-state index in [0.29, 0.717) is 13.2 Å². The molecule has 0 bridgehead atoms. The summed E-state index contributed by atoms with van der Waals surface area (Å²) in [6.45, 7) is 0.847. The quantitative estimate of drug-likeness (QED) is 0.457. The fraction of sp³-hybridized carbons (Fsp3) is 0.800. The van der Waals surface area contributed by atoms with Crippen molar-refractivity contribution in [2.45, 2.75) is 23.9 Å². The second-order valence-corrected chi connectivity index (χ2v) is 10.7. The number of hydrogen-bond donors (Lipinski definition) is 0. The first kappa shape index (κ1) is 15.6. The van der Waals surface area contributed by atoms with Crippen molar-refractivity contribution >= 4 is 40.4 Å². The maximum atomic E-state index is 12.1.